The summed E-state index contributed by atoms with van der Waals surface area (Å²) in [7, 11) is -0.558. The highest BCUT2D eigenvalue weighted by Crippen LogP contribution is 2.21. The van der Waals surface area contributed by atoms with Crippen LogP contribution in [0.15, 0.2) is 29.2 Å². The number of sulfonamides is 1. The lowest BCUT2D eigenvalue weighted by Gasteiger charge is -2.30. The molecule has 1 N–H and O–H groups in total. The molecule has 0 aliphatic carbocycles. The smallest absolute Gasteiger partial charge is 0.409 e. The number of nitrogens with zero attached hydrogens (tertiary/aromatic N) is 2. The fraction of sp³-hybridized carbons (Fsp3) is 0.529. The number of carbonyl (C=O) groups excluding carboxylic acids is 2. The standard InChI is InChI=1S/C17H25N3O5S/c1-4-25-17(22)20-11-9-13(10-12-20)16(21)18-14-5-7-15(8-6-14)26(23,24)19(2)3/h5-8,13H,4,9-12H2,1-3H3,(H,18,21). The summed E-state index contributed by atoms with van der Waals surface area (Å²) in [5.41, 5.74) is 0.542. The fourth-order valence-corrected chi connectivity index (χ4v) is 3.61. The Hall–Kier alpha value is -2.13. The van der Waals surface area contributed by atoms with Gasteiger partial charge in [-0.1, -0.05) is 0 Å². The maximum atomic E-state index is 12.4. The molecule has 1 aliphatic heterocycles. The highest BCUT2D eigenvalue weighted by Gasteiger charge is 2.28. The summed E-state index contributed by atoms with van der Waals surface area (Å²) in [6.45, 7) is 3.06. The van der Waals surface area contributed by atoms with E-state index in [9.17, 15) is 18.0 Å². The number of anilines is 1. The van der Waals surface area contributed by atoms with Crippen LogP contribution >= 0.6 is 0 Å². The minimum Gasteiger partial charge on any atom is -0.450 e. The summed E-state index contributed by atoms with van der Waals surface area (Å²) in [4.78, 5) is 25.8. The summed E-state index contributed by atoms with van der Waals surface area (Å²) in [5, 5.41) is 2.81. The Morgan fingerprint density at radius 3 is 2.27 bits per heavy atom. The monoisotopic (exact) mass is 383 g/mol. The number of rotatable bonds is 5. The molecule has 144 valence electrons. The van der Waals surface area contributed by atoms with Crippen LogP contribution in [0, 0.1) is 5.92 Å². The zero-order valence-corrected chi connectivity index (χ0v) is 16.1. The van der Waals surface area contributed by atoms with Crippen molar-refractivity contribution in [2.24, 2.45) is 5.92 Å². The molecule has 0 bridgehead atoms. The number of hydrogen-bond donors (Lipinski definition) is 1. The molecular weight excluding hydrogens is 358 g/mol. The predicted molar refractivity (Wildman–Crippen MR) is 97.3 cm³/mol. The molecule has 0 atom stereocenters. The van der Waals surface area contributed by atoms with E-state index in [-0.39, 0.29) is 22.8 Å². The van der Waals surface area contributed by atoms with E-state index in [1.807, 2.05) is 0 Å². The molecule has 0 aromatic heterocycles. The summed E-state index contributed by atoms with van der Waals surface area (Å²) in [6, 6.07) is 6.08. The van der Waals surface area contributed by atoms with Gasteiger partial charge in [0.25, 0.3) is 0 Å². The normalized spacial score (nSPS) is 15.8. The number of hydrogen-bond acceptors (Lipinski definition) is 5. The third-order valence-electron chi connectivity index (χ3n) is 4.29. The van der Waals surface area contributed by atoms with Gasteiger partial charge in [-0.15, -0.1) is 0 Å². The van der Waals surface area contributed by atoms with Crippen molar-refractivity contribution in [1.29, 1.82) is 0 Å². The van der Waals surface area contributed by atoms with Gasteiger partial charge in [0.15, 0.2) is 0 Å². The lowest BCUT2D eigenvalue weighted by molar-refractivity contribution is -0.121. The second kappa shape index (κ2) is 8.50. The Labute approximate surface area is 154 Å². The van der Waals surface area contributed by atoms with Crippen LogP contribution in [0.5, 0.6) is 0 Å². The zero-order chi connectivity index (χ0) is 19.3. The average Bonchev–Trinajstić information content (AvgIpc) is 2.62. The Bertz CT molecular complexity index is 738. The van der Waals surface area contributed by atoms with Crippen molar-refractivity contribution in [3.63, 3.8) is 0 Å². The number of nitrogens with one attached hydrogen (secondary N) is 1. The van der Waals surface area contributed by atoms with Crippen LogP contribution in [-0.2, 0) is 19.6 Å². The van der Waals surface area contributed by atoms with E-state index in [1.165, 1.54) is 26.2 Å². The highest BCUT2D eigenvalue weighted by atomic mass is 32.2. The average molecular weight is 383 g/mol. The molecule has 1 fully saturated rings. The molecular formula is C17H25N3O5S. The molecule has 0 spiro atoms. The second-order valence-corrected chi connectivity index (χ2v) is 8.41. The van der Waals surface area contributed by atoms with Crippen LogP contribution in [0.4, 0.5) is 10.5 Å². The van der Waals surface area contributed by atoms with Gasteiger partial charge < -0.3 is 15.0 Å². The highest BCUT2D eigenvalue weighted by molar-refractivity contribution is 7.89. The van der Waals surface area contributed by atoms with E-state index in [0.717, 1.165) is 4.31 Å². The van der Waals surface area contributed by atoms with E-state index >= 15 is 0 Å². The van der Waals surface area contributed by atoms with Crippen molar-refractivity contribution in [3.05, 3.63) is 24.3 Å². The zero-order valence-electron chi connectivity index (χ0n) is 15.3. The molecule has 0 saturated carbocycles. The summed E-state index contributed by atoms with van der Waals surface area (Å²) in [5.74, 6) is -0.317. The van der Waals surface area contributed by atoms with Gasteiger partial charge in [-0.05, 0) is 44.0 Å². The molecule has 8 nitrogen and oxygen atoms in total. The lowest BCUT2D eigenvalue weighted by Crippen LogP contribution is -2.41. The van der Waals surface area contributed by atoms with Crippen molar-refractivity contribution < 1.29 is 22.7 Å². The largest absolute Gasteiger partial charge is 0.450 e. The molecule has 2 rings (SSSR count). The van der Waals surface area contributed by atoms with Crippen LogP contribution in [0.2, 0.25) is 0 Å². The van der Waals surface area contributed by atoms with Crippen molar-refractivity contribution >= 4 is 27.7 Å². The molecule has 1 saturated heterocycles. The van der Waals surface area contributed by atoms with Crippen LogP contribution in [0.1, 0.15) is 19.8 Å². The summed E-state index contributed by atoms with van der Waals surface area (Å²) < 4.78 is 30.2. The third kappa shape index (κ3) is 4.73. The Morgan fingerprint density at radius 2 is 1.77 bits per heavy atom. The number of benzene rings is 1. The first-order valence-corrected chi connectivity index (χ1v) is 9.95. The molecule has 1 aromatic carbocycles. The quantitative estimate of drug-likeness (QED) is 0.836. The van der Waals surface area contributed by atoms with Crippen molar-refractivity contribution in [2.45, 2.75) is 24.7 Å². The number of likely N-dealkylation sites (tertiary alicyclic amines) is 1. The van der Waals surface area contributed by atoms with Crippen LogP contribution < -0.4 is 5.32 Å². The second-order valence-electron chi connectivity index (χ2n) is 6.26. The third-order valence-corrected chi connectivity index (χ3v) is 6.12. The number of amides is 2. The molecule has 1 aliphatic rings. The molecule has 26 heavy (non-hydrogen) atoms. The number of piperidine rings is 1. The summed E-state index contributed by atoms with van der Waals surface area (Å²) >= 11 is 0. The van der Waals surface area contributed by atoms with Gasteiger partial charge in [-0.3, -0.25) is 4.79 Å². The maximum absolute atomic E-state index is 12.4. The van der Waals surface area contributed by atoms with Gasteiger partial charge in [-0.2, -0.15) is 0 Å². The lowest BCUT2D eigenvalue weighted by atomic mass is 9.96. The molecule has 0 radical (unpaired) electrons. The van der Waals surface area contributed by atoms with Crippen LogP contribution in [0.25, 0.3) is 0 Å². The van der Waals surface area contributed by atoms with Crippen molar-refractivity contribution in [3.8, 4) is 0 Å². The number of carbonyl (C=O) groups is 2. The fourth-order valence-electron chi connectivity index (χ4n) is 2.70. The minimum absolute atomic E-state index is 0.128. The first-order valence-electron chi connectivity index (χ1n) is 8.51. The Morgan fingerprint density at radius 1 is 1.19 bits per heavy atom. The molecule has 9 heteroatoms. The summed E-state index contributed by atoms with van der Waals surface area (Å²) in [6.07, 6.45) is 0.791. The number of ether oxygens (including phenoxy) is 1. The van der Waals surface area contributed by atoms with E-state index in [4.69, 9.17) is 4.74 Å². The van der Waals surface area contributed by atoms with Gasteiger partial charge in [0.05, 0.1) is 11.5 Å². The Balaban J connectivity index is 1.92. The van der Waals surface area contributed by atoms with Crippen molar-refractivity contribution in [2.75, 3.05) is 39.1 Å². The minimum atomic E-state index is -3.49. The van der Waals surface area contributed by atoms with Crippen LogP contribution in [0.3, 0.4) is 0 Å². The molecule has 1 heterocycles. The topological polar surface area (TPSA) is 96.0 Å². The van der Waals surface area contributed by atoms with Gasteiger partial charge in [0.2, 0.25) is 15.9 Å². The first kappa shape index (κ1) is 20.2. The molecule has 0 unspecified atom stereocenters. The van der Waals surface area contributed by atoms with Gasteiger partial charge in [0, 0.05) is 38.8 Å². The van der Waals surface area contributed by atoms with Crippen LogP contribution in [-0.4, -0.2) is 63.4 Å². The van der Waals surface area contributed by atoms with E-state index in [0.29, 0.717) is 38.2 Å². The van der Waals surface area contributed by atoms with E-state index in [2.05, 4.69) is 5.32 Å². The van der Waals surface area contributed by atoms with E-state index < -0.39 is 10.0 Å². The van der Waals surface area contributed by atoms with Crippen molar-refractivity contribution in [1.82, 2.24) is 9.21 Å². The van der Waals surface area contributed by atoms with Gasteiger partial charge in [0.1, 0.15) is 0 Å². The first-order chi connectivity index (χ1) is 12.3. The predicted octanol–water partition coefficient (Wildman–Crippen LogP) is 1.74. The van der Waals surface area contributed by atoms with E-state index in [1.54, 1.807) is 24.0 Å². The van der Waals surface area contributed by atoms with Gasteiger partial charge >= 0.3 is 6.09 Å². The Kier molecular flexibility index (Phi) is 6.60. The SMILES string of the molecule is CCOC(=O)N1CCC(C(=O)Nc2ccc(S(=O)(=O)N(C)C)cc2)CC1. The molecule has 1 aromatic rings. The molecule has 2 amide bonds. The maximum Gasteiger partial charge on any atom is 0.409 e. The van der Waals surface area contributed by atoms with Gasteiger partial charge in [-0.25, -0.2) is 17.5 Å².